The highest BCUT2D eigenvalue weighted by Gasteiger charge is 2.25. The van der Waals surface area contributed by atoms with Crippen molar-refractivity contribution in [2.75, 3.05) is 31.6 Å². The number of nitrogens with one attached hydrogen (secondary N) is 1. The van der Waals surface area contributed by atoms with Gasteiger partial charge in [-0.2, -0.15) is 0 Å². The van der Waals surface area contributed by atoms with Crippen LogP contribution in [0.4, 0.5) is 5.69 Å². The second-order valence-electron chi connectivity index (χ2n) is 5.85. The Morgan fingerprint density at radius 3 is 2.77 bits per heavy atom. The maximum absolute atomic E-state index is 12.0. The summed E-state index contributed by atoms with van der Waals surface area (Å²) in [7, 11) is 0. The van der Waals surface area contributed by atoms with Crippen molar-refractivity contribution in [2.45, 2.75) is 32.8 Å². The van der Waals surface area contributed by atoms with Crippen molar-refractivity contribution in [3.05, 3.63) is 24.3 Å². The predicted octanol–water partition coefficient (Wildman–Crippen LogP) is 2.12. The molecular formula is C17H26N2O3. The summed E-state index contributed by atoms with van der Waals surface area (Å²) < 4.78 is 5.37. The number of hydrogen-bond acceptors (Lipinski definition) is 4. The van der Waals surface area contributed by atoms with Gasteiger partial charge < -0.3 is 20.1 Å². The molecular weight excluding hydrogens is 280 g/mol. The smallest absolute Gasteiger partial charge is 0.225 e. The number of rotatable bonds is 7. The van der Waals surface area contributed by atoms with Gasteiger partial charge in [-0.05, 0) is 57.0 Å². The first-order chi connectivity index (χ1) is 10.6. The first kappa shape index (κ1) is 16.8. The van der Waals surface area contributed by atoms with E-state index in [1.807, 2.05) is 38.1 Å². The summed E-state index contributed by atoms with van der Waals surface area (Å²) in [5.74, 6) is 1.17. The molecule has 1 amide bonds. The lowest BCUT2D eigenvalue weighted by Crippen LogP contribution is -2.27. The summed E-state index contributed by atoms with van der Waals surface area (Å²) in [4.78, 5) is 14.2. The summed E-state index contributed by atoms with van der Waals surface area (Å²) >= 11 is 0. The van der Waals surface area contributed by atoms with Gasteiger partial charge in [0.05, 0.1) is 12.7 Å². The van der Waals surface area contributed by atoms with Crippen LogP contribution in [-0.2, 0) is 4.79 Å². The topological polar surface area (TPSA) is 61.8 Å². The highest BCUT2D eigenvalue weighted by atomic mass is 16.5. The molecule has 122 valence electrons. The molecule has 0 aliphatic carbocycles. The molecule has 2 atom stereocenters. The highest BCUT2D eigenvalue weighted by molar-refractivity contribution is 5.90. The molecule has 0 bridgehead atoms. The minimum absolute atomic E-state index is 0.0182. The van der Waals surface area contributed by atoms with Gasteiger partial charge in [0.1, 0.15) is 5.75 Å². The number of hydrogen-bond donors (Lipinski definition) is 2. The van der Waals surface area contributed by atoms with Gasteiger partial charge in [0.25, 0.3) is 0 Å². The van der Waals surface area contributed by atoms with E-state index in [-0.39, 0.29) is 12.0 Å². The fraction of sp³-hybridized carbons (Fsp3) is 0.588. The Balaban J connectivity index is 1.72. The number of carbonyl (C=O) groups is 1. The highest BCUT2D eigenvalue weighted by Crippen LogP contribution is 2.20. The molecule has 1 saturated heterocycles. The van der Waals surface area contributed by atoms with Crippen LogP contribution in [0.2, 0.25) is 0 Å². The lowest BCUT2D eigenvalue weighted by atomic mass is 10.0. The largest absolute Gasteiger partial charge is 0.494 e. The van der Waals surface area contributed by atoms with Crippen molar-refractivity contribution in [2.24, 2.45) is 5.92 Å². The third kappa shape index (κ3) is 5.00. The number of ether oxygens (including phenoxy) is 1. The van der Waals surface area contributed by atoms with Crippen molar-refractivity contribution < 1.29 is 14.6 Å². The zero-order chi connectivity index (χ0) is 15.9. The number of carbonyl (C=O) groups excluding carboxylic acids is 1. The SMILES string of the molecule is CCOc1ccc(NC(=O)CCN2CCC(C(C)O)C2)cc1. The predicted molar refractivity (Wildman–Crippen MR) is 87.1 cm³/mol. The minimum Gasteiger partial charge on any atom is -0.494 e. The summed E-state index contributed by atoms with van der Waals surface area (Å²) in [5.41, 5.74) is 0.789. The zero-order valence-corrected chi connectivity index (χ0v) is 13.4. The Hall–Kier alpha value is -1.59. The van der Waals surface area contributed by atoms with Crippen LogP contribution in [0.3, 0.4) is 0 Å². The van der Waals surface area contributed by atoms with Crippen molar-refractivity contribution in [3.8, 4) is 5.75 Å². The number of nitrogens with zero attached hydrogens (tertiary/aromatic N) is 1. The fourth-order valence-electron chi connectivity index (χ4n) is 2.74. The first-order valence-corrected chi connectivity index (χ1v) is 8.01. The molecule has 5 nitrogen and oxygen atoms in total. The molecule has 2 N–H and O–H groups in total. The van der Waals surface area contributed by atoms with E-state index in [0.717, 1.165) is 37.5 Å². The standard InChI is InChI=1S/C17H26N2O3/c1-3-22-16-6-4-15(5-7-16)18-17(21)9-11-19-10-8-14(12-19)13(2)20/h4-7,13-14,20H,3,8-12H2,1-2H3,(H,18,21). The van der Waals surface area contributed by atoms with Gasteiger partial charge in [-0.15, -0.1) is 0 Å². The van der Waals surface area contributed by atoms with Crippen LogP contribution in [0.5, 0.6) is 5.75 Å². The van der Waals surface area contributed by atoms with E-state index in [2.05, 4.69) is 10.2 Å². The molecule has 1 fully saturated rings. The van der Waals surface area contributed by atoms with E-state index < -0.39 is 0 Å². The van der Waals surface area contributed by atoms with Gasteiger partial charge in [0, 0.05) is 25.2 Å². The quantitative estimate of drug-likeness (QED) is 0.810. The van der Waals surface area contributed by atoms with Gasteiger partial charge >= 0.3 is 0 Å². The summed E-state index contributed by atoms with van der Waals surface area (Å²) in [6.45, 7) is 7.00. The number of benzene rings is 1. The Morgan fingerprint density at radius 1 is 1.45 bits per heavy atom. The molecule has 2 rings (SSSR count). The number of aliphatic hydroxyl groups is 1. The van der Waals surface area contributed by atoms with Crippen molar-refractivity contribution in [1.29, 1.82) is 0 Å². The number of anilines is 1. The second-order valence-corrected chi connectivity index (χ2v) is 5.85. The Bertz CT molecular complexity index is 473. The van der Waals surface area contributed by atoms with Crippen LogP contribution >= 0.6 is 0 Å². The molecule has 1 heterocycles. The van der Waals surface area contributed by atoms with Gasteiger partial charge in [0.15, 0.2) is 0 Å². The van der Waals surface area contributed by atoms with Crippen molar-refractivity contribution >= 4 is 11.6 Å². The lowest BCUT2D eigenvalue weighted by Gasteiger charge is -2.17. The van der Waals surface area contributed by atoms with E-state index in [1.54, 1.807) is 0 Å². The molecule has 2 unspecified atom stereocenters. The molecule has 0 saturated carbocycles. The van der Waals surface area contributed by atoms with Crippen LogP contribution in [0, 0.1) is 5.92 Å². The lowest BCUT2D eigenvalue weighted by molar-refractivity contribution is -0.116. The van der Waals surface area contributed by atoms with Crippen LogP contribution in [0.15, 0.2) is 24.3 Å². The number of aliphatic hydroxyl groups excluding tert-OH is 1. The maximum atomic E-state index is 12.0. The van der Waals surface area contributed by atoms with Crippen molar-refractivity contribution in [3.63, 3.8) is 0 Å². The van der Waals surface area contributed by atoms with Gasteiger partial charge in [-0.3, -0.25) is 4.79 Å². The number of amides is 1. The molecule has 0 spiro atoms. The second kappa shape index (κ2) is 8.15. The van der Waals surface area contributed by atoms with Gasteiger partial charge in [-0.25, -0.2) is 0 Å². The average molecular weight is 306 g/mol. The van der Waals surface area contributed by atoms with Crippen LogP contribution < -0.4 is 10.1 Å². The normalized spacial score (nSPS) is 19.9. The average Bonchev–Trinajstić information content (AvgIpc) is 2.97. The van der Waals surface area contributed by atoms with E-state index in [4.69, 9.17) is 4.74 Å². The Kier molecular flexibility index (Phi) is 6.21. The molecule has 22 heavy (non-hydrogen) atoms. The van der Waals surface area contributed by atoms with Crippen molar-refractivity contribution in [1.82, 2.24) is 4.90 Å². The van der Waals surface area contributed by atoms with Gasteiger partial charge in [0.2, 0.25) is 5.91 Å². The summed E-state index contributed by atoms with van der Waals surface area (Å²) in [6, 6.07) is 7.41. The van der Waals surface area contributed by atoms with E-state index in [0.29, 0.717) is 18.9 Å². The molecule has 1 aliphatic heterocycles. The Morgan fingerprint density at radius 2 is 2.18 bits per heavy atom. The Labute approximate surface area is 132 Å². The molecule has 0 aromatic heterocycles. The van der Waals surface area contributed by atoms with E-state index >= 15 is 0 Å². The van der Waals surface area contributed by atoms with Gasteiger partial charge in [-0.1, -0.05) is 0 Å². The van der Waals surface area contributed by atoms with Crippen LogP contribution in [0.25, 0.3) is 0 Å². The molecule has 0 radical (unpaired) electrons. The van der Waals surface area contributed by atoms with E-state index in [9.17, 15) is 9.90 Å². The number of likely N-dealkylation sites (tertiary alicyclic amines) is 1. The molecule has 5 heteroatoms. The third-order valence-corrected chi connectivity index (χ3v) is 4.10. The summed E-state index contributed by atoms with van der Waals surface area (Å²) in [6.07, 6.45) is 1.22. The maximum Gasteiger partial charge on any atom is 0.225 e. The molecule has 1 aromatic rings. The molecule has 1 aliphatic rings. The van der Waals surface area contributed by atoms with Crippen LogP contribution in [0.1, 0.15) is 26.7 Å². The minimum atomic E-state index is -0.261. The zero-order valence-electron chi connectivity index (χ0n) is 13.4. The summed E-state index contributed by atoms with van der Waals surface area (Å²) in [5, 5.41) is 12.5. The monoisotopic (exact) mass is 306 g/mol. The fourth-order valence-corrected chi connectivity index (χ4v) is 2.74. The third-order valence-electron chi connectivity index (χ3n) is 4.10. The van der Waals surface area contributed by atoms with E-state index in [1.165, 1.54) is 0 Å². The molecule has 1 aromatic carbocycles. The first-order valence-electron chi connectivity index (χ1n) is 8.01. The van der Waals surface area contributed by atoms with Crippen LogP contribution in [-0.4, -0.2) is 48.3 Å².